The summed E-state index contributed by atoms with van der Waals surface area (Å²) >= 11 is 1.55. The van der Waals surface area contributed by atoms with E-state index in [2.05, 4.69) is 37.1 Å². The van der Waals surface area contributed by atoms with E-state index < -0.39 is 5.60 Å². The van der Waals surface area contributed by atoms with Crippen molar-refractivity contribution in [2.75, 3.05) is 30.4 Å². The summed E-state index contributed by atoms with van der Waals surface area (Å²) in [4.78, 5) is 27.7. The molecule has 0 aromatic carbocycles. The van der Waals surface area contributed by atoms with Gasteiger partial charge in [-0.1, -0.05) is 0 Å². The van der Waals surface area contributed by atoms with Gasteiger partial charge >= 0.3 is 0 Å². The first-order valence-electron chi connectivity index (χ1n) is 11.4. The Morgan fingerprint density at radius 2 is 1.94 bits per heavy atom. The SMILES string of the molecule is CN1C[C@@H]2C[C@H]1CN2c1nccc(Nc2cc3nc(-c4cncc(C(C)(C)O)c4)sc3cn2)n1. The number of aromatic nitrogens is 5. The summed E-state index contributed by atoms with van der Waals surface area (Å²) in [6.07, 6.45) is 8.24. The molecule has 2 atom stereocenters. The van der Waals surface area contributed by atoms with Gasteiger partial charge in [0.05, 0.1) is 15.8 Å². The fourth-order valence-electron chi connectivity index (χ4n) is 4.72. The van der Waals surface area contributed by atoms with E-state index in [1.165, 1.54) is 6.42 Å². The van der Waals surface area contributed by atoms with Gasteiger partial charge in [-0.05, 0) is 39.4 Å². The number of fused-ring (bicyclic) bond motifs is 3. The van der Waals surface area contributed by atoms with Gasteiger partial charge in [0.1, 0.15) is 16.6 Å². The maximum atomic E-state index is 10.3. The van der Waals surface area contributed by atoms with E-state index in [1.54, 1.807) is 43.8 Å². The van der Waals surface area contributed by atoms with E-state index in [9.17, 15) is 5.11 Å². The molecule has 0 amide bonds. The first kappa shape index (κ1) is 21.3. The van der Waals surface area contributed by atoms with Gasteiger partial charge in [0.15, 0.2) is 0 Å². The van der Waals surface area contributed by atoms with E-state index in [0.29, 0.717) is 23.7 Å². The minimum absolute atomic E-state index is 0.484. The minimum Gasteiger partial charge on any atom is -0.386 e. The van der Waals surface area contributed by atoms with Crippen molar-refractivity contribution in [3.8, 4) is 10.6 Å². The molecule has 2 aliphatic rings. The molecule has 4 aromatic heterocycles. The minimum atomic E-state index is -0.959. The highest BCUT2D eigenvalue weighted by Crippen LogP contribution is 2.34. The van der Waals surface area contributed by atoms with Crippen LogP contribution in [0, 0.1) is 0 Å². The van der Waals surface area contributed by atoms with Crippen LogP contribution < -0.4 is 10.2 Å². The first-order chi connectivity index (χ1) is 16.3. The molecular formula is C24H26N8OS. The molecule has 0 unspecified atom stereocenters. The van der Waals surface area contributed by atoms with Crippen molar-refractivity contribution in [1.29, 1.82) is 0 Å². The van der Waals surface area contributed by atoms with Gasteiger partial charge in [0.2, 0.25) is 5.95 Å². The predicted octanol–water partition coefficient (Wildman–Crippen LogP) is 3.41. The van der Waals surface area contributed by atoms with E-state index in [0.717, 1.165) is 45.4 Å². The van der Waals surface area contributed by atoms with Crippen molar-refractivity contribution in [3.63, 3.8) is 0 Å². The molecule has 34 heavy (non-hydrogen) atoms. The number of aliphatic hydroxyl groups is 1. The van der Waals surface area contributed by atoms with Gasteiger partial charge in [-0.25, -0.2) is 15.0 Å². The Labute approximate surface area is 201 Å². The second kappa shape index (κ2) is 7.93. The number of thiazole rings is 1. The Hall–Kier alpha value is -3.21. The zero-order chi connectivity index (χ0) is 23.4. The molecule has 0 radical (unpaired) electrons. The van der Waals surface area contributed by atoms with Crippen LogP contribution >= 0.6 is 11.3 Å². The molecular weight excluding hydrogens is 448 g/mol. The van der Waals surface area contributed by atoms with Gasteiger partial charge in [-0.2, -0.15) is 4.98 Å². The Morgan fingerprint density at radius 1 is 1.06 bits per heavy atom. The van der Waals surface area contributed by atoms with Crippen LogP contribution in [0.4, 0.5) is 17.6 Å². The molecule has 0 saturated carbocycles. The molecule has 9 nitrogen and oxygen atoms in total. The average Bonchev–Trinajstić information content (AvgIpc) is 3.52. The van der Waals surface area contributed by atoms with Gasteiger partial charge < -0.3 is 15.3 Å². The lowest BCUT2D eigenvalue weighted by molar-refractivity contribution is 0.0783. The molecule has 2 N–H and O–H groups in total. The number of hydrogen-bond acceptors (Lipinski definition) is 10. The van der Waals surface area contributed by atoms with Crippen molar-refractivity contribution >= 4 is 39.1 Å². The lowest BCUT2D eigenvalue weighted by Crippen LogP contribution is -2.45. The lowest BCUT2D eigenvalue weighted by Gasteiger charge is -2.31. The molecule has 174 valence electrons. The number of piperazine rings is 1. The molecule has 6 rings (SSSR count). The Bertz CT molecular complexity index is 1360. The van der Waals surface area contributed by atoms with Crippen LogP contribution in [0.25, 0.3) is 20.8 Å². The fourth-order valence-corrected chi connectivity index (χ4v) is 5.61. The Balaban J connectivity index is 1.24. The van der Waals surface area contributed by atoms with Crippen LogP contribution in [0.3, 0.4) is 0 Å². The zero-order valence-corrected chi connectivity index (χ0v) is 20.1. The van der Waals surface area contributed by atoms with E-state index in [4.69, 9.17) is 9.97 Å². The van der Waals surface area contributed by atoms with Crippen LogP contribution in [0.2, 0.25) is 0 Å². The number of likely N-dealkylation sites (tertiary alicyclic amines) is 1. The smallest absolute Gasteiger partial charge is 0.227 e. The molecule has 2 saturated heterocycles. The van der Waals surface area contributed by atoms with E-state index >= 15 is 0 Å². The molecule has 4 aromatic rings. The van der Waals surface area contributed by atoms with Crippen LogP contribution in [-0.2, 0) is 5.60 Å². The number of hydrogen-bond donors (Lipinski definition) is 2. The molecule has 2 aliphatic heterocycles. The first-order valence-corrected chi connectivity index (χ1v) is 12.2. The summed E-state index contributed by atoms with van der Waals surface area (Å²) < 4.78 is 0.981. The summed E-state index contributed by atoms with van der Waals surface area (Å²) in [6.45, 7) is 5.53. The van der Waals surface area contributed by atoms with Crippen molar-refractivity contribution < 1.29 is 5.11 Å². The third kappa shape index (κ3) is 3.87. The maximum Gasteiger partial charge on any atom is 0.227 e. The van der Waals surface area contributed by atoms with E-state index in [-0.39, 0.29) is 0 Å². The Morgan fingerprint density at radius 3 is 2.71 bits per heavy atom. The molecule has 0 aliphatic carbocycles. The normalized spacial score (nSPS) is 20.4. The third-order valence-electron chi connectivity index (χ3n) is 6.64. The fraction of sp³-hybridized carbons (Fsp3) is 0.375. The number of rotatable bonds is 5. The van der Waals surface area contributed by atoms with E-state index in [1.807, 2.05) is 24.4 Å². The quantitative estimate of drug-likeness (QED) is 0.450. The highest BCUT2D eigenvalue weighted by atomic mass is 32.1. The number of nitrogens with one attached hydrogen (secondary N) is 1. The summed E-state index contributed by atoms with van der Waals surface area (Å²) in [7, 11) is 2.19. The molecule has 10 heteroatoms. The summed E-state index contributed by atoms with van der Waals surface area (Å²) in [6, 6.07) is 6.79. The van der Waals surface area contributed by atoms with Crippen LogP contribution in [-0.4, -0.2) is 67.1 Å². The number of likely N-dealkylation sites (N-methyl/N-ethyl adjacent to an activating group) is 1. The van der Waals surface area contributed by atoms with Crippen molar-refractivity contribution in [2.45, 2.75) is 38.0 Å². The highest BCUT2D eigenvalue weighted by molar-refractivity contribution is 7.21. The Kier molecular flexibility index (Phi) is 4.98. The van der Waals surface area contributed by atoms with Gasteiger partial charge in [0.25, 0.3) is 0 Å². The molecule has 2 bridgehead atoms. The molecule has 6 heterocycles. The maximum absolute atomic E-state index is 10.3. The summed E-state index contributed by atoms with van der Waals surface area (Å²) in [5.41, 5.74) is 1.52. The van der Waals surface area contributed by atoms with Crippen molar-refractivity contribution in [1.82, 2.24) is 29.8 Å². The predicted molar refractivity (Wildman–Crippen MR) is 133 cm³/mol. The second-order valence-electron chi connectivity index (χ2n) is 9.58. The van der Waals surface area contributed by atoms with Crippen molar-refractivity contribution in [2.24, 2.45) is 0 Å². The largest absolute Gasteiger partial charge is 0.386 e. The van der Waals surface area contributed by atoms with Crippen molar-refractivity contribution in [3.05, 3.63) is 48.5 Å². The topological polar surface area (TPSA) is 103 Å². The van der Waals surface area contributed by atoms with Gasteiger partial charge in [0, 0.05) is 67.2 Å². The van der Waals surface area contributed by atoms with Crippen LogP contribution in [0.15, 0.2) is 43.0 Å². The average molecular weight is 475 g/mol. The summed E-state index contributed by atoms with van der Waals surface area (Å²) in [5.74, 6) is 2.16. The van der Waals surface area contributed by atoms with Crippen LogP contribution in [0.1, 0.15) is 25.8 Å². The van der Waals surface area contributed by atoms with Crippen LogP contribution in [0.5, 0.6) is 0 Å². The molecule has 2 fully saturated rings. The van der Waals surface area contributed by atoms with Gasteiger partial charge in [-0.3, -0.25) is 9.88 Å². The number of nitrogens with zero attached hydrogens (tertiary/aromatic N) is 7. The molecule has 0 spiro atoms. The third-order valence-corrected chi connectivity index (χ3v) is 7.69. The standard InChI is InChI=1S/C24H26N8OS/c1-24(2,33)15-6-14(9-25-10-15)22-28-18-8-21(27-11-19(18)34-22)29-20-4-5-26-23(30-20)32-13-16-7-17(32)12-31(16)3/h4-6,8-11,16-17,33H,7,12-13H2,1-3H3,(H,26,27,29,30)/t16-,17-/m0/s1. The monoisotopic (exact) mass is 474 g/mol. The zero-order valence-electron chi connectivity index (χ0n) is 19.3. The van der Waals surface area contributed by atoms with Gasteiger partial charge in [-0.15, -0.1) is 11.3 Å². The number of anilines is 3. The number of pyridine rings is 2. The second-order valence-corrected chi connectivity index (χ2v) is 10.6. The highest BCUT2D eigenvalue weighted by Gasteiger charge is 2.42. The lowest BCUT2D eigenvalue weighted by atomic mass is 9.99. The summed E-state index contributed by atoms with van der Waals surface area (Å²) in [5, 5.41) is 14.5.